The Morgan fingerprint density at radius 3 is 2.79 bits per heavy atom. The number of rotatable bonds is 4. The molecule has 2 aromatic rings. The molecular formula is C13H12ClN3OS. The average molecular weight is 294 g/mol. The maximum atomic E-state index is 11.4. The summed E-state index contributed by atoms with van der Waals surface area (Å²) in [4.78, 5) is 16.6. The van der Waals surface area contributed by atoms with E-state index in [2.05, 4.69) is 10.4 Å². The van der Waals surface area contributed by atoms with Crippen LogP contribution in [0.2, 0.25) is 5.02 Å². The molecule has 0 aliphatic heterocycles. The van der Waals surface area contributed by atoms with Gasteiger partial charge in [-0.15, -0.1) is 11.8 Å². The molecule has 0 atom stereocenters. The van der Waals surface area contributed by atoms with Gasteiger partial charge in [-0.05, 0) is 24.3 Å². The summed E-state index contributed by atoms with van der Waals surface area (Å²) in [6.45, 7) is 0. The van der Waals surface area contributed by atoms with Crippen molar-refractivity contribution in [2.75, 3.05) is 0 Å². The average Bonchev–Trinajstić information content (AvgIpc) is 2.46. The molecule has 19 heavy (non-hydrogen) atoms. The van der Waals surface area contributed by atoms with Crippen LogP contribution in [0.1, 0.15) is 16.2 Å². The van der Waals surface area contributed by atoms with Gasteiger partial charge in [0, 0.05) is 10.6 Å². The lowest BCUT2D eigenvalue weighted by Gasteiger charge is -2.05. The Balaban J connectivity index is 2.08. The van der Waals surface area contributed by atoms with Crippen LogP contribution in [0.3, 0.4) is 0 Å². The van der Waals surface area contributed by atoms with Crippen LogP contribution in [0.25, 0.3) is 0 Å². The van der Waals surface area contributed by atoms with E-state index in [-0.39, 0.29) is 0 Å². The number of nitrogens with two attached hydrogens (primary N) is 1. The van der Waals surface area contributed by atoms with Gasteiger partial charge in [-0.1, -0.05) is 29.8 Å². The molecule has 1 aromatic carbocycles. The summed E-state index contributed by atoms with van der Waals surface area (Å²) >= 11 is 7.64. The van der Waals surface area contributed by atoms with Crippen LogP contribution < -0.4 is 11.3 Å². The standard InChI is InChI=1S/C13H12ClN3OS/c14-10-5-1-2-7-12(10)19-8-9-4-3-6-11(16-9)13(18)17-15/h1-7H,8,15H2,(H,17,18). The predicted octanol–water partition coefficient (Wildman–Crippen LogP) is 2.63. The number of aromatic nitrogens is 1. The molecule has 1 aromatic heterocycles. The number of thioether (sulfide) groups is 1. The van der Waals surface area contributed by atoms with Crippen molar-refractivity contribution in [3.8, 4) is 0 Å². The second-order valence-electron chi connectivity index (χ2n) is 3.71. The van der Waals surface area contributed by atoms with Gasteiger partial charge in [0.05, 0.1) is 10.7 Å². The molecule has 4 nitrogen and oxygen atoms in total. The van der Waals surface area contributed by atoms with E-state index in [0.29, 0.717) is 16.5 Å². The first-order chi connectivity index (χ1) is 9.20. The number of carbonyl (C=O) groups excluding carboxylic acids is 1. The Kier molecular flexibility index (Phi) is 4.79. The van der Waals surface area contributed by atoms with Gasteiger partial charge >= 0.3 is 0 Å². The largest absolute Gasteiger partial charge is 0.289 e. The Labute approximate surface area is 120 Å². The molecule has 0 aliphatic rings. The third-order valence-electron chi connectivity index (χ3n) is 2.38. The van der Waals surface area contributed by atoms with Crippen LogP contribution >= 0.6 is 23.4 Å². The van der Waals surface area contributed by atoms with Gasteiger partial charge in [-0.2, -0.15) is 0 Å². The molecular weight excluding hydrogens is 282 g/mol. The van der Waals surface area contributed by atoms with Crippen molar-refractivity contribution in [3.05, 3.63) is 58.9 Å². The van der Waals surface area contributed by atoms with Crippen molar-refractivity contribution in [1.82, 2.24) is 10.4 Å². The van der Waals surface area contributed by atoms with E-state index < -0.39 is 5.91 Å². The zero-order chi connectivity index (χ0) is 13.7. The summed E-state index contributed by atoms with van der Waals surface area (Å²) in [5, 5.41) is 0.711. The molecule has 0 saturated carbocycles. The molecule has 3 N–H and O–H groups in total. The maximum absolute atomic E-state index is 11.4. The molecule has 0 unspecified atom stereocenters. The van der Waals surface area contributed by atoms with Gasteiger partial charge < -0.3 is 0 Å². The van der Waals surface area contributed by atoms with Gasteiger partial charge in [-0.3, -0.25) is 10.2 Å². The van der Waals surface area contributed by atoms with Gasteiger partial charge in [-0.25, -0.2) is 10.8 Å². The van der Waals surface area contributed by atoms with Crippen molar-refractivity contribution < 1.29 is 4.79 Å². The van der Waals surface area contributed by atoms with E-state index in [1.807, 2.05) is 30.3 Å². The quantitative estimate of drug-likeness (QED) is 0.393. The van der Waals surface area contributed by atoms with Crippen LogP contribution in [-0.4, -0.2) is 10.9 Å². The minimum absolute atomic E-state index is 0.305. The first-order valence-electron chi connectivity index (χ1n) is 5.55. The van der Waals surface area contributed by atoms with Crippen LogP contribution in [0, 0.1) is 0 Å². The molecule has 1 heterocycles. The molecule has 0 spiro atoms. The maximum Gasteiger partial charge on any atom is 0.283 e. The first-order valence-corrected chi connectivity index (χ1v) is 6.91. The monoisotopic (exact) mass is 293 g/mol. The van der Waals surface area contributed by atoms with E-state index in [4.69, 9.17) is 17.4 Å². The SMILES string of the molecule is NNC(=O)c1cccc(CSc2ccccc2Cl)n1. The minimum atomic E-state index is -0.399. The number of carbonyl (C=O) groups is 1. The van der Waals surface area contributed by atoms with Crippen LogP contribution in [0.5, 0.6) is 0 Å². The fourth-order valence-corrected chi connectivity index (χ4v) is 2.62. The summed E-state index contributed by atoms with van der Waals surface area (Å²) in [7, 11) is 0. The molecule has 0 fully saturated rings. The molecule has 6 heteroatoms. The molecule has 0 bridgehead atoms. The van der Waals surface area contributed by atoms with Crippen molar-refractivity contribution in [2.45, 2.75) is 10.6 Å². The number of pyridine rings is 1. The number of hydrogen-bond donors (Lipinski definition) is 2. The van der Waals surface area contributed by atoms with Crippen molar-refractivity contribution in [2.24, 2.45) is 5.84 Å². The Hall–Kier alpha value is -1.56. The molecule has 1 amide bonds. The summed E-state index contributed by atoms with van der Waals surface area (Å²) in [5.74, 6) is 5.31. The van der Waals surface area contributed by atoms with Gasteiger partial charge in [0.15, 0.2) is 0 Å². The van der Waals surface area contributed by atoms with Crippen molar-refractivity contribution in [1.29, 1.82) is 0 Å². The van der Waals surface area contributed by atoms with E-state index in [9.17, 15) is 4.79 Å². The Morgan fingerprint density at radius 1 is 1.26 bits per heavy atom. The second-order valence-corrected chi connectivity index (χ2v) is 5.13. The third-order valence-corrected chi connectivity index (χ3v) is 3.93. The summed E-state index contributed by atoms with van der Waals surface area (Å²) < 4.78 is 0. The highest BCUT2D eigenvalue weighted by Gasteiger charge is 2.07. The summed E-state index contributed by atoms with van der Waals surface area (Å²) in [5.41, 5.74) is 3.16. The summed E-state index contributed by atoms with van der Waals surface area (Å²) in [6, 6.07) is 12.9. The topological polar surface area (TPSA) is 68.0 Å². The van der Waals surface area contributed by atoms with Crippen LogP contribution in [-0.2, 0) is 5.75 Å². The highest BCUT2D eigenvalue weighted by molar-refractivity contribution is 7.98. The lowest BCUT2D eigenvalue weighted by Crippen LogP contribution is -2.30. The number of hydrogen-bond acceptors (Lipinski definition) is 4. The van der Waals surface area contributed by atoms with Crippen LogP contribution in [0.15, 0.2) is 47.4 Å². The third kappa shape index (κ3) is 3.70. The predicted molar refractivity (Wildman–Crippen MR) is 76.9 cm³/mol. The number of halogens is 1. The first kappa shape index (κ1) is 13.9. The molecule has 98 valence electrons. The second kappa shape index (κ2) is 6.56. The zero-order valence-corrected chi connectivity index (χ0v) is 11.5. The molecule has 0 aliphatic carbocycles. The molecule has 0 saturated heterocycles. The smallest absolute Gasteiger partial charge is 0.283 e. The van der Waals surface area contributed by atoms with E-state index >= 15 is 0 Å². The lowest BCUT2D eigenvalue weighted by atomic mass is 10.3. The van der Waals surface area contributed by atoms with Crippen LogP contribution in [0.4, 0.5) is 0 Å². The highest BCUT2D eigenvalue weighted by atomic mass is 35.5. The van der Waals surface area contributed by atoms with E-state index in [1.165, 1.54) is 0 Å². The fourth-order valence-electron chi connectivity index (χ4n) is 1.47. The van der Waals surface area contributed by atoms with Gasteiger partial charge in [0.25, 0.3) is 5.91 Å². The van der Waals surface area contributed by atoms with E-state index in [1.54, 1.807) is 23.9 Å². The normalized spacial score (nSPS) is 10.2. The summed E-state index contributed by atoms with van der Waals surface area (Å²) in [6.07, 6.45) is 0. The van der Waals surface area contributed by atoms with Gasteiger partial charge in [0.2, 0.25) is 0 Å². The number of nitrogens with zero attached hydrogens (tertiary/aromatic N) is 1. The number of nitrogen functional groups attached to an aromatic ring is 1. The number of amides is 1. The molecule has 2 rings (SSSR count). The van der Waals surface area contributed by atoms with Crippen molar-refractivity contribution >= 4 is 29.3 Å². The van der Waals surface area contributed by atoms with Crippen molar-refractivity contribution in [3.63, 3.8) is 0 Å². The number of nitrogens with one attached hydrogen (secondary N) is 1. The fraction of sp³-hybridized carbons (Fsp3) is 0.0769. The van der Waals surface area contributed by atoms with Gasteiger partial charge in [0.1, 0.15) is 5.69 Å². The molecule has 0 radical (unpaired) electrons. The number of benzene rings is 1. The zero-order valence-electron chi connectivity index (χ0n) is 9.97. The highest BCUT2D eigenvalue weighted by Crippen LogP contribution is 2.28. The van der Waals surface area contributed by atoms with E-state index in [0.717, 1.165) is 10.6 Å². The Bertz CT molecular complexity index is 592. The lowest BCUT2D eigenvalue weighted by molar-refractivity contribution is 0.0948. The number of hydrazine groups is 1. The Morgan fingerprint density at radius 2 is 2.05 bits per heavy atom. The minimum Gasteiger partial charge on any atom is -0.289 e.